The molecule has 4 nitrogen and oxygen atoms in total. The van der Waals surface area contributed by atoms with Crippen molar-refractivity contribution in [2.45, 2.75) is 0 Å². The summed E-state index contributed by atoms with van der Waals surface area (Å²) in [5, 5.41) is 0. The van der Waals surface area contributed by atoms with E-state index >= 15 is 0 Å². The molecule has 1 aromatic heterocycles. The molecule has 0 N–H and O–H groups in total. The predicted molar refractivity (Wildman–Crippen MR) is 72.1 cm³/mol. The summed E-state index contributed by atoms with van der Waals surface area (Å²) in [4.78, 5) is 16.1. The molecule has 20 heavy (non-hydrogen) atoms. The maximum absolute atomic E-state index is 13.5. The van der Waals surface area contributed by atoms with E-state index in [0.29, 0.717) is 11.3 Å². The summed E-state index contributed by atoms with van der Waals surface area (Å²) in [6.45, 7) is 0. The van der Waals surface area contributed by atoms with E-state index in [2.05, 4.69) is 4.98 Å². The molecule has 0 aliphatic heterocycles. The summed E-state index contributed by atoms with van der Waals surface area (Å²) in [6, 6.07) is 10.8. The second-order valence-corrected chi connectivity index (χ2v) is 4.38. The normalized spacial score (nSPS) is 10.7. The minimum absolute atomic E-state index is 0.0892. The maximum atomic E-state index is 13.5. The van der Waals surface area contributed by atoms with Crippen LogP contribution in [-0.2, 0) is 7.05 Å². The highest BCUT2D eigenvalue weighted by Crippen LogP contribution is 2.20. The van der Waals surface area contributed by atoms with Crippen LogP contribution in [-0.4, -0.2) is 15.5 Å². The fourth-order valence-electron chi connectivity index (χ4n) is 1.97. The first-order valence-electron chi connectivity index (χ1n) is 6.03. The molecule has 0 atom stereocenters. The highest BCUT2D eigenvalue weighted by molar-refractivity contribution is 5.91. The molecule has 3 rings (SSSR count). The zero-order chi connectivity index (χ0) is 14.1. The van der Waals surface area contributed by atoms with Gasteiger partial charge in [0.05, 0.1) is 22.9 Å². The van der Waals surface area contributed by atoms with Gasteiger partial charge >= 0.3 is 5.97 Å². The van der Waals surface area contributed by atoms with Gasteiger partial charge in [0.15, 0.2) is 0 Å². The number of hydrogen-bond donors (Lipinski definition) is 0. The third-order valence-electron chi connectivity index (χ3n) is 3.00. The molecular weight excluding hydrogens is 259 g/mol. The quantitative estimate of drug-likeness (QED) is 0.531. The molecule has 0 spiro atoms. The van der Waals surface area contributed by atoms with Crippen molar-refractivity contribution in [2.75, 3.05) is 0 Å². The number of rotatable bonds is 2. The number of nitrogens with zero attached hydrogens (tertiary/aromatic N) is 2. The van der Waals surface area contributed by atoms with Gasteiger partial charge in [-0.2, -0.15) is 0 Å². The fourth-order valence-corrected chi connectivity index (χ4v) is 1.97. The van der Waals surface area contributed by atoms with Gasteiger partial charge in [-0.15, -0.1) is 0 Å². The number of aryl methyl sites for hydroxylation is 1. The van der Waals surface area contributed by atoms with Crippen LogP contribution in [0.2, 0.25) is 0 Å². The number of ether oxygens (including phenoxy) is 1. The molecule has 0 aliphatic carbocycles. The molecular formula is C15H11FN2O2. The number of aromatic nitrogens is 2. The van der Waals surface area contributed by atoms with Gasteiger partial charge in [-0.3, -0.25) is 0 Å². The molecule has 3 aromatic rings. The maximum Gasteiger partial charge on any atom is 0.346 e. The average Bonchev–Trinajstić information content (AvgIpc) is 2.80. The van der Waals surface area contributed by atoms with Gasteiger partial charge in [-0.1, -0.05) is 12.1 Å². The van der Waals surface area contributed by atoms with Crippen molar-refractivity contribution in [3.05, 3.63) is 60.2 Å². The zero-order valence-corrected chi connectivity index (χ0v) is 10.7. The van der Waals surface area contributed by atoms with Gasteiger partial charge < -0.3 is 9.30 Å². The summed E-state index contributed by atoms with van der Waals surface area (Å²) in [5.41, 5.74) is 1.55. The summed E-state index contributed by atoms with van der Waals surface area (Å²) in [7, 11) is 1.88. The Morgan fingerprint density at radius 2 is 2.05 bits per heavy atom. The number of hydrogen-bond acceptors (Lipinski definition) is 3. The SMILES string of the molecule is Cn1cnc2cc(OC(=O)c3ccccc3F)ccc21. The number of carbonyl (C=O) groups excluding carboxylic acids is 1. The highest BCUT2D eigenvalue weighted by Gasteiger charge is 2.13. The van der Waals surface area contributed by atoms with Gasteiger partial charge in [0, 0.05) is 13.1 Å². The number of halogens is 1. The number of fused-ring (bicyclic) bond motifs is 1. The topological polar surface area (TPSA) is 44.1 Å². The van der Waals surface area contributed by atoms with E-state index in [4.69, 9.17) is 4.74 Å². The third-order valence-corrected chi connectivity index (χ3v) is 3.00. The Morgan fingerprint density at radius 1 is 1.25 bits per heavy atom. The second kappa shape index (κ2) is 4.77. The molecule has 100 valence electrons. The molecule has 0 bridgehead atoms. The standard InChI is InChI=1S/C15H11FN2O2/c1-18-9-17-13-8-10(6-7-14(13)18)20-15(19)11-4-2-3-5-12(11)16/h2-9H,1H3. The van der Waals surface area contributed by atoms with Crippen LogP contribution < -0.4 is 4.74 Å². The lowest BCUT2D eigenvalue weighted by Gasteiger charge is -2.05. The number of carbonyl (C=O) groups is 1. The van der Waals surface area contributed by atoms with Crippen molar-refractivity contribution in [3.63, 3.8) is 0 Å². The Kier molecular flexibility index (Phi) is 2.95. The molecule has 0 fully saturated rings. The summed E-state index contributed by atoms with van der Waals surface area (Å²) >= 11 is 0. The molecule has 2 aromatic carbocycles. The first-order valence-corrected chi connectivity index (χ1v) is 6.03. The van der Waals surface area contributed by atoms with Gasteiger partial charge in [-0.25, -0.2) is 14.2 Å². The van der Waals surface area contributed by atoms with E-state index in [1.54, 1.807) is 30.6 Å². The molecule has 0 saturated heterocycles. The number of esters is 1. The van der Waals surface area contributed by atoms with Crippen molar-refractivity contribution < 1.29 is 13.9 Å². The van der Waals surface area contributed by atoms with Crippen molar-refractivity contribution in [1.29, 1.82) is 0 Å². The van der Waals surface area contributed by atoms with Crippen molar-refractivity contribution in [3.8, 4) is 5.75 Å². The first kappa shape index (κ1) is 12.3. The predicted octanol–water partition coefficient (Wildman–Crippen LogP) is 2.93. The lowest BCUT2D eigenvalue weighted by molar-refractivity contribution is 0.0730. The van der Waals surface area contributed by atoms with E-state index in [-0.39, 0.29) is 5.56 Å². The van der Waals surface area contributed by atoms with Crippen LogP contribution in [0.15, 0.2) is 48.8 Å². The van der Waals surface area contributed by atoms with Gasteiger partial charge in [0.25, 0.3) is 0 Å². The molecule has 0 amide bonds. The Hall–Kier alpha value is -2.69. The van der Waals surface area contributed by atoms with E-state index in [9.17, 15) is 9.18 Å². The smallest absolute Gasteiger partial charge is 0.346 e. The fraction of sp³-hybridized carbons (Fsp3) is 0.0667. The summed E-state index contributed by atoms with van der Waals surface area (Å²) in [6.07, 6.45) is 1.67. The highest BCUT2D eigenvalue weighted by atomic mass is 19.1. The number of imidazole rings is 1. The number of benzene rings is 2. The second-order valence-electron chi connectivity index (χ2n) is 4.38. The van der Waals surface area contributed by atoms with E-state index in [1.807, 2.05) is 11.6 Å². The van der Waals surface area contributed by atoms with Crippen LogP contribution >= 0.6 is 0 Å². The van der Waals surface area contributed by atoms with E-state index < -0.39 is 11.8 Å². The summed E-state index contributed by atoms with van der Waals surface area (Å²) in [5.74, 6) is -0.987. The van der Waals surface area contributed by atoms with Gasteiger partial charge in [-0.05, 0) is 24.3 Å². The van der Waals surface area contributed by atoms with Crippen molar-refractivity contribution in [2.24, 2.45) is 7.05 Å². The van der Waals surface area contributed by atoms with Crippen LogP contribution in [0, 0.1) is 5.82 Å². The Labute approximate surface area is 114 Å². The van der Waals surface area contributed by atoms with Crippen LogP contribution in [0.25, 0.3) is 11.0 Å². The van der Waals surface area contributed by atoms with Gasteiger partial charge in [0.1, 0.15) is 11.6 Å². The van der Waals surface area contributed by atoms with E-state index in [0.717, 1.165) is 5.52 Å². The third kappa shape index (κ3) is 2.14. The Bertz CT molecular complexity index is 795. The minimum Gasteiger partial charge on any atom is -0.423 e. The largest absolute Gasteiger partial charge is 0.423 e. The van der Waals surface area contributed by atoms with Crippen LogP contribution in [0.4, 0.5) is 4.39 Å². The Balaban J connectivity index is 1.89. The van der Waals surface area contributed by atoms with Crippen LogP contribution in [0.3, 0.4) is 0 Å². The zero-order valence-electron chi connectivity index (χ0n) is 10.7. The molecule has 0 aliphatic rings. The van der Waals surface area contributed by atoms with E-state index in [1.165, 1.54) is 18.2 Å². The minimum atomic E-state index is -0.724. The molecule has 0 unspecified atom stereocenters. The molecule has 5 heteroatoms. The molecule has 0 radical (unpaired) electrons. The molecule has 0 saturated carbocycles. The van der Waals surface area contributed by atoms with Crippen LogP contribution in [0.5, 0.6) is 5.75 Å². The van der Waals surface area contributed by atoms with Gasteiger partial charge in [0.2, 0.25) is 0 Å². The van der Waals surface area contributed by atoms with Crippen molar-refractivity contribution in [1.82, 2.24) is 9.55 Å². The van der Waals surface area contributed by atoms with Crippen molar-refractivity contribution >= 4 is 17.0 Å². The lowest BCUT2D eigenvalue weighted by Crippen LogP contribution is -2.10. The monoisotopic (exact) mass is 270 g/mol. The molecule has 1 heterocycles. The van der Waals surface area contributed by atoms with Crippen LogP contribution in [0.1, 0.15) is 10.4 Å². The summed E-state index contributed by atoms with van der Waals surface area (Å²) < 4.78 is 20.5. The average molecular weight is 270 g/mol. The lowest BCUT2D eigenvalue weighted by atomic mass is 10.2. The first-order chi connectivity index (χ1) is 9.65. The Morgan fingerprint density at radius 3 is 2.85 bits per heavy atom.